The molecule has 0 bridgehead atoms. The molecule has 0 fully saturated rings. The van der Waals surface area contributed by atoms with E-state index in [4.69, 9.17) is 0 Å². The van der Waals surface area contributed by atoms with Crippen LogP contribution < -0.4 is 10.6 Å². The fraction of sp³-hybridized carbons (Fsp3) is 0.692. The maximum atomic E-state index is 11.1. The van der Waals surface area contributed by atoms with Gasteiger partial charge in [0.2, 0.25) is 0 Å². The van der Waals surface area contributed by atoms with Crippen LogP contribution in [-0.2, 0) is 10.8 Å². The van der Waals surface area contributed by atoms with Gasteiger partial charge in [0.25, 0.3) is 0 Å². The second-order valence-electron chi connectivity index (χ2n) is 4.79. The number of nitrogens with zero attached hydrogens (tertiary/aromatic N) is 2. The number of hydrogen-bond acceptors (Lipinski definition) is 5. The molecule has 0 aliphatic carbocycles. The standard InChI is InChI=1S/C13H24N4OS/c1-6-14-12-10(4)13(15-7-8-19(5)18)17-11(16-12)9(2)3/h9H,6-8H2,1-5H3,(H2,14,15,16,17). The zero-order valence-corrected chi connectivity index (χ0v) is 13.2. The van der Waals surface area contributed by atoms with Gasteiger partial charge in [-0.05, 0) is 13.8 Å². The highest BCUT2D eigenvalue weighted by Gasteiger charge is 2.12. The summed E-state index contributed by atoms with van der Waals surface area (Å²) in [7, 11) is -0.790. The first-order valence-corrected chi connectivity index (χ1v) is 8.34. The van der Waals surface area contributed by atoms with Gasteiger partial charge in [-0.15, -0.1) is 0 Å². The van der Waals surface area contributed by atoms with E-state index in [-0.39, 0.29) is 5.92 Å². The normalized spacial score (nSPS) is 12.5. The van der Waals surface area contributed by atoms with Crippen LogP contribution in [0.5, 0.6) is 0 Å². The minimum atomic E-state index is -0.790. The summed E-state index contributed by atoms with van der Waals surface area (Å²) in [5, 5.41) is 6.51. The smallest absolute Gasteiger partial charge is 0.135 e. The maximum absolute atomic E-state index is 11.1. The molecule has 0 radical (unpaired) electrons. The van der Waals surface area contributed by atoms with E-state index in [1.807, 2.05) is 13.8 Å². The van der Waals surface area contributed by atoms with Gasteiger partial charge in [-0.3, -0.25) is 4.21 Å². The third-order valence-corrected chi connectivity index (χ3v) is 3.48. The largest absolute Gasteiger partial charge is 0.370 e. The van der Waals surface area contributed by atoms with Crippen molar-refractivity contribution in [1.82, 2.24) is 9.97 Å². The Morgan fingerprint density at radius 1 is 1.21 bits per heavy atom. The summed E-state index contributed by atoms with van der Waals surface area (Å²) < 4.78 is 11.1. The lowest BCUT2D eigenvalue weighted by Crippen LogP contribution is -2.15. The van der Waals surface area contributed by atoms with Crippen LogP contribution >= 0.6 is 0 Å². The van der Waals surface area contributed by atoms with Crippen LogP contribution in [0, 0.1) is 6.92 Å². The summed E-state index contributed by atoms with van der Waals surface area (Å²) in [4.78, 5) is 9.09. The average molecular weight is 284 g/mol. The van der Waals surface area contributed by atoms with Crippen molar-refractivity contribution in [3.8, 4) is 0 Å². The van der Waals surface area contributed by atoms with Crippen molar-refractivity contribution in [1.29, 1.82) is 0 Å². The van der Waals surface area contributed by atoms with Crippen molar-refractivity contribution in [2.75, 3.05) is 35.7 Å². The molecule has 0 saturated carbocycles. The van der Waals surface area contributed by atoms with E-state index in [1.165, 1.54) is 0 Å². The molecule has 6 heteroatoms. The summed E-state index contributed by atoms with van der Waals surface area (Å²) in [6, 6.07) is 0. The lowest BCUT2D eigenvalue weighted by Gasteiger charge is -2.15. The summed E-state index contributed by atoms with van der Waals surface area (Å²) in [5.74, 6) is 3.43. The van der Waals surface area contributed by atoms with Gasteiger partial charge in [0.15, 0.2) is 0 Å². The number of aromatic nitrogens is 2. The molecule has 1 atom stereocenters. The quantitative estimate of drug-likeness (QED) is 0.803. The molecule has 0 amide bonds. The van der Waals surface area contributed by atoms with E-state index in [2.05, 4.69) is 34.4 Å². The van der Waals surface area contributed by atoms with Gasteiger partial charge in [-0.2, -0.15) is 0 Å². The van der Waals surface area contributed by atoms with Crippen molar-refractivity contribution in [3.63, 3.8) is 0 Å². The van der Waals surface area contributed by atoms with E-state index in [0.717, 1.165) is 29.6 Å². The third-order valence-electron chi connectivity index (χ3n) is 2.71. The average Bonchev–Trinajstić information content (AvgIpc) is 2.33. The zero-order chi connectivity index (χ0) is 14.4. The molecule has 19 heavy (non-hydrogen) atoms. The number of nitrogens with one attached hydrogen (secondary N) is 2. The first-order chi connectivity index (χ1) is 8.95. The fourth-order valence-electron chi connectivity index (χ4n) is 1.62. The molecule has 1 aromatic heterocycles. The predicted molar refractivity (Wildman–Crippen MR) is 82.4 cm³/mol. The topological polar surface area (TPSA) is 66.9 Å². The molecule has 0 aromatic carbocycles. The molecular formula is C13H24N4OS. The minimum Gasteiger partial charge on any atom is -0.370 e. The molecule has 108 valence electrons. The molecular weight excluding hydrogens is 260 g/mol. The van der Waals surface area contributed by atoms with Crippen LogP contribution in [0.15, 0.2) is 0 Å². The summed E-state index contributed by atoms with van der Waals surface area (Å²) >= 11 is 0. The SMILES string of the molecule is CCNc1nc(C(C)C)nc(NCCS(C)=O)c1C. The van der Waals surface area contributed by atoms with Gasteiger partial charge in [-0.1, -0.05) is 13.8 Å². The highest BCUT2D eigenvalue weighted by molar-refractivity contribution is 7.84. The Bertz CT molecular complexity index is 449. The molecule has 5 nitrogen and oxygen atoms in total. The molecule has 1 aromatic rings. The first kappa shape index (κ1) is 15.9. The van der Waals surface area contributed by atoms with Gasteiger partial charge in [0.1, 0.15) is 17.5 Å². The Labute approximate surface area is 118 Å². The Morgan fingerprint density at radius 2 is 1.79 bits per heavy atom. The second-order valence-corrected chi connectivity index (χ2v) is 6.35. The van der Waals surface area contributed by atoms with E-state index in [9.17, 15) is 4.21 Å². The van der Waals surface area contributed by atoms with Crippen molar-refractivity contribution in [3.05, 3.63) is 11.4 Å². The molecule has 1 rings (SSSR count). The summed E-state index contributed by atoms with van der Waals surface area (Å²) in [6.07, 6.45) is 1.71. The molecule has 2 N–H and O–H groups in total. The molecule has 1 unspecified atom stereocenters. The molecule has 0 saturated heterocycles. The summed E-state index contributed by atoms with van der Waals surface area (Å²) in [6.45, 7) is 9.67. The van der Waals surface area contributed by atoms with Crippen LogP contribution in [-0.4, -0.2) is 39.3 Å². The van der Waals surface area contributed by atoms with Gasteiger partial charge in [0.05, 0.1) is 0 Å². The number of rotatable bonds is 7. The number of hydrogen-bond donors (Lipinski definition) is 2. The van der Waals surface area contributed by atoms with E-state index < -0.39 is 10.8 Å². The van der Waals surface area contributed by atoms with E-state index in [1.54, 1.807) is 6.26 Å². The number of anilines is 2. The molecule has 0 aliphatic rings. The van der Waals surface area contributed by atoms with Gasteiger partial charge >= 0.3 is 0 Å². The van der Waals surface area contributed by atoms with E-state index in [0.29, 0.717) is 12.3 Å². The molecule has 0 aliphatic heterocycles. The van der Waals surface area contributed by atoms with Crippen molar-refractivity contribution in [2.45, 2.75) is 33.6 Å². The summed E-state index contributed by atoms with van der Waals surface area (Å²) in [5.41, 5.74) is 1.01. The third kappa shape index (κ3) is 4.78. The Morgan fingerprint density at radius 3 is 2.26 bits per heavy atom. The highest BCUT2D eigenvalue weighted by atomic mass is 32.2. The molecule has 1 heterocycles. The lowest BCUT2D eigenvalue weighted by molar-refractivity contribution is 0.687. The van der Waals surface area contributed by atoms with E-state index >= 15 is 0 Å². The van der Waals surface area contributed by atoms with Gasteiger partial charge < -0.3 is 10.6 Å². The van der Waals surface area contributed by atoms with Gasteiger partial charge in [0, 0.05) is 47.4 Å². The second kappa shape index (κ2) is 7.43. The van der Waals surface area contributed by atoms with Crippen molar-refractivity contribution >= 4 is 22.4 Å². The Kier molecular flexibility index (Phi) is 6.21. The fourth-order valence-corrected chi connectivity index (χ4v) is 2.01. The van der Waals surface area contributed by atoms with Crippen molar-refractivity contribution < 1.29 is 4.21 Å². The van der Waals surface area contributed by atoms with Crippen molar-refractivity contribution in [2.24, 2.45) is 0 Å². The van der Waals surface area contributed by atoms with Crippen LogP contribution in [0.2, 0.25) is 0 Å². The van der Waals surface area contributed by atoms with Crippen LogP contribution in [0.4, 0.5) is 11.6 Å². The van der Waals surface area contributed by atoms with Crippen LogP contribution in [0.3, 0.4) is 0 Å². The Hall–Kier alpha value is -1.17. The van der Waals surface area contributed by atoms with Crippen LogP contribution in [0.25, 0.3) is 0 Å². The minimum absolute atomic E-state index is 0.277. The maximum Gasteiger partial charge on any atom is 0.135 e. The Balaban J connectivity index is 2.96. The molecule has 0 spiro atoms. The van der Waals surface area contributed by atoms with Crippen LogP contribution in [0.1, 0.15) is 38.1 Å². The first-order valence-electron chi connectivity index (χ1n) is 6.62. The highest BCUT2D eigenvalue weighted by Crippen LogP contribution is 2.22. The lowest BCUT2D eigenvalue weighted by atomic mass is 10.2. The predicted octanol–water partition coefficient (Wildman–Crippen LogP) is 2.13. The zero-order valence-electron chi connectivity index (χ0n) is 12.4. The monoisotopic (exact) mass is 284 g/mol. The van der Waals surface area contributed by atoms with Gasteiger partial charge in [-0.25, -0.2) is 9.97 Å².